The molecule has 1 aliphatic rings. The Morgan fingerprint density at radius 1 is 1.11 bits per heavy atom. The summed E-state index contributed by atoms with van der Waals surface area (Å²) >= 11 is 1.32. The first-order chi connectivity index (χ1) is 13.6. The molecule has 1 amide bonds. The molecule has 7 nitrogen and oxygen atoms in total. The fourth-order valence-corrected chi connectivity index (χ4v) is 3.84. The van der Waals surface area contributed by atoms with Crippen molar-refractivity contribution in [2.45, 2.75) is 24.3 Å². The van der Waals surface area contributed by atoms with Gasteiger partial charge in [-0.05, 0) is 31.0 Å². The average Bonchev–Trinajstić information content (AvgIpc) is 3.42. The molecule has 28 heavy (non-hydrogen) atoms. The van der Waals surface area contributed by atoms with Crippen LogP contribution in [0.5, 0.6) is 0 Å². The van der Waals surface area contributed by atoms with Crippen molar-refractivity contribution in [3.05, 3.63) is 53.5 Å². The van der Waals surface area contributed by atoms with Gasteiger partial charge in [-0.15, -0.1) is 11.8 Å². The van der Waals surface area contributed by atoms with Gasteiger partial charge in [0.25, 0.3) is 0 Å². The first-order valence-electron chi connectivity index (χ1n) is 8.91. The topological polar surface area (TPSA) is 86.0 Å². The van der Waals surface area contributed by atoms with E-state index in [0.717, 1.165) is 25.9 Å². The Kier molecular flexibility index (Phi) is 6.76. The van der Waals surface area contributed by atoms with Crippen LogP contribution in [0.15, 0.2) is 45.9 Å². The molecule has 1 aliphatic heterocycles. The molecule has 0 radical (unpaired) electrons. The second-order valence-electron chi connectivity index (χ2n) is 6.22. The molecule has 0 unspecified atom stereocenters. The van der Waals surface area contributed by atoms with Crippen molar-refractivity contribution in [2.24, 2.45) is 0 Å². The van der Waals surface area contributed by atoms with Gasteiger partial charge in [0, 0.05) is 23.5 Å². The number of nitrogens with zero attached hydrogens (tertiary/aromatic N) is 1. The minimum absolute atomic E-state index is 0.00849. The number of likely N-dealkylation sites (tertiary alicyclic amines) is 1. The third-order valence-corrected chi connectivity index (χ3v) is 5.45. The summed E-state index contributed by atoms with van der Waals surface area (Å²) in [5.74, 6) is -0.805. The van der Waals surface area contributed by atoms with E-state index in [9.17, 15) is 14.4 Å². The van der Waals surface area contributed by atoms with E-state index in [1.54, 1.807) is 24.3 Å². The van der Waals surface area contributed by atoms with Gasteiger partial charge < -0.3 is 18.8 Å². The summed E-state index contributed by atoms with van der Waals surface area (Å²) in [6.45, 7) is 1.48. The smallest absolute Gasteiger partial charge is 0.374 e. The van der Waals surface area contributed by atoms with Crippen LogP contribution in [0, 0.1) is 0 Å². The van der Waals surface area contributed by atoms with Gasteiger partial charge in [-0.25, -0.2) is 9.59 Å². The molecule has 2 heterocycles. The van der Waals surface area contributed by atoms with Crippen LogP contribution in [-0.2, 0) is 20.9 Å². The minimum Gasteiger partial charge on any atom is -0.463 e. The van der Waals surface area contributed by atoms with Crippen molar-refractivity contribution < 1.29 is 28.3 Å². The molecular weight excluding hydrogens is 382 g/mol. The molecule has 2 aromatic rings. The van der Waals surface area contributed by atoms with E-state index in [1.165, 1.54) is 25.1 Å². The summed E-state index contributed by atoms with van der Waals surface area (Å²) in [6, 6.07) is 8.54. The summed E-state index contributed by atoms with van der Waals surface area (Å²) in [7, 11) is 1.25. The molecule has 0 atom stereocenters. The number of carbonyl (C=O) groups is 3. The van der Waals surface area contributed by atoms with Crippen molar-refractivity contribution in [2.75, 3.05) is 26.0 Å². The van der Waals surface area contributed by atoms with Crippen molar-refractivity contribution in [3.63, 3.8) is 0 Å². The van der Waals surface area contributed by atoms with Gasteiger partial charge in [-0.2, -0.15) is 0 Å². The lowest BCUT2D eigenvalue weighted by atomic mass is 10.2. The monoisotopic (exact) mass is 403 g/mol. The van der Waals surface area contributed by atoms with E-state index in [2.05, 4.69) is 4.74 Å². The van der Waals surface area contributed by atoms with Gasteiger partial charge in [-0.3, -0.25) is 4.79 Å². The van der Waals surface area contributed by atoms with Crippen LogP contribution in [0.2, 0.25) is 0 Å². The van der Waals surface area contributed by atoms with Crippen LogP contribution in [0.25, 0.3) is 0 Å². The highest BCUT2D eigenvalue weighted by Gasteiger charge is 2.21. The molecule has 0 aliphatic carbocycles. The zero-order valence-electron chi connectivity index (χ0n) is 15.5. The Hall–Kier alpha value is -2.74. The predicted molar refractivity (Wildman–Crippen MR) is 102 cm³/mol. The zero-order valence-corrected chi connectivity index (χ0v) is 16.3. The van der Waals surface area contributed by atoms with Crippen LogP contribution < -0.4 is 0 Å². The average molecular weight is 403 g/mol. The van der Waals surface area contributed by atoms with Crippen LogP contribution in [0.3, 0.4) is 0 Å². The van der Waals surface area contributed by atoms with Gasteiger partial charge in [0.05, 0.1) is 24.7 Å². The summed E-state index contributed by atoms with van der Waals surface area (Å²) in [5, 5.41) is 0. The Balaban J connectivity index is 1.62. The third-order valence-electron chi connectivity index (χ3n) is 4.39. The van der Waals surface area contributed by atoms with Crippen molar-refractivity contribution in [1.29, 1.82) is 0 Å². The number of thioether (sulfide) groups is 1. The van der Waals surface area contributed by atoms with Crippen LogP contribution >= 0.6 is 11.8 Å². The molecular formula is C20H21NO6S. The van der Waals surface area contributed by atoms with Crippen LogP contribution in [0.1, 0.15) is 39.3 Å². The molecule has 8 heteroatoms. The molecule has 0 bridgehead atoms. The lowest BCUT2D eigenvalue weighted by molar-refractivity contribution is -0.127. The molecule has 1 aromatic heterocycles. The lowest BCUT2D eigenvalue weighted by Crippen LogP contribution is -2.29. The van der Waals surface area contributed by atoms with Gasteiger partial charge in [-0.1, -0.05) is 12.1 Å². The fraction of sp³-hybridized carbons (Fsp3) is 0.350. The van der Waals surface area contributed by atoms with E-state index >= 15 is 0 Å². The largest absolute Gasteiger partial charge is 0.463 e. The maximum atomic E-state index is 12.5. The minimum atomic E-state index is -0.632. The fourth-order valence-electron chi connectivity index (χ4n) is 2.90. The first kappa shape index (κ1) is 20.0. The molecule has 0 N–H and O–H groups in total. The SMILES string of the molecule is COC(=O)c1occc1COC(=O)c1ccccc1SCC(=O)N1CCCC1. The van der Waals surface area contributed by atoms with Gasteiger partial charge in [0.15, 0.2) is 0 Å². The molecule has 3 rings (SSSR count). The number of ether oxygens (including phenoxy) is 2. The molecule has 1 fully saturated rings. The van der Waals surface area contributed by atoms with Gasteiger partial charge >= 0.3 is 11.9 Å². The van der Waals surface area contributed by atoms with E-state index in [-0.39, 0.29) is 24.0 Å². The summed E-state index contributed by atoms with van der Waals surface area (Å²) < 4.78 is 15.1. The van der Waals surface area contributed by atoms with E-state index < -0.39 is 11.9 Å². The number of rotatable bonds is 7. The van der Waals surface area contributed by atoms with Crippen molar-refractivity contribution in [1.82, 2.24) is 4.90 Å². The van der Waals surface area contributed by atoms with Gasteiger partial charge in [0.1, 0.15) is 6.61 Å². The second-order valence-corrected chi connectivity index (χ2v) is 7.23. The maximum Gasteiger partial charge on any atom is 0.374 e. The number of furan rings is 1. The van der Waals surface area contributed by atoms with Crippen molar-refractivity contribution in [3.8, 4) is 0 Å². The normalized spacial score (nSPS) is 13.4. The molecule has 1 aromatic carbocycles. The Morgan fingerprint density at radius 2 is 1.86 bits per heavy atom. The Labute approximate surface area is 167 Å². The number of methoxy groups -OCH3 is 1. The maximum absolute atomic E-state index is 12.5. The van der Waals surface area contributed by atoms with Gasteiger partial charge in [0.2, 0.25) is 11.7 Å². The summed E-state index contributed by atoms with van der Waals surface area (Å²) in [4.78, 5) is 38.9. The number of hydrogen-bond acceptors (Lipinski definition) is 7. The Bertz CT molecular complexity index is 856. The quantitative estimate of drug-likeness (QED) is 0.518. The molecule has 148 valence electrons. The predicted octanol–water partition coefficient (Wildman–Crippen LogP) is 3.14. The summed E-state index contributed by atoms with van der Waals surface area (Å²) in [6.07, 6.45) is 3.42. The second kappa shape index (κ2) is 9.45. The first-order valence-corrected chi connectivity index (χ1v) is 9.90. The van der Waals surface area contributed by atoms with E-state index in [4.69, 9.17) is 9.15 Å². The lowest BCUT2D eigenvalue weighted by Gasteiger charge is -2.15. The van der Waals surface area contributed by atoms with Crippen LogP contribution in [0.4, 0.5) is 0 Å². The Morgan fingerprint density at radius 3 is 2.61 bits per heavy atom. The highest BCUT2D eigenvalue weighted by Crippen LogP contribution is 2.25. The zero-order chi connectivity index (χ0) is 19.9. The number of carbonyl (C=O) groups excluding carboxylic acids is 3. The number of hydrogen-bond donors (Lipinski definition) is 0. The van der Waals surface area contributed by atoms with Crippen LogP contribution in [-0.4, -0.2) is 48.7 Å². The molecule has 0 saturated carbocycles. The summed E-state index contributed by atoms with van der Waals surface area (Å²) in [5.41, 5.74) is 0.805. The third kappa shape index (κ3) is 4.75. The number of benzene rings is 1. The van der Waals surface area contributed by atoms with E-state index in [0.29, 0.717) is 16.0 Å². The highest BCUT2D eigenvalue weighted by molar-refractivity contribution is 8.00. The van der Waals surface area contributed by atoms with Crippen molar-refractivity contribution >= 4 is 29.6 Å². The highest BCUT2D eigenvalue weighted by atomic mass is 32.2. The van der Waals surface area contributed by atoms with E-state index in [1.807, 2.05) is 11.0 Å². The number of amides is 1. The molecule has 1 saturated heterocycles. The standard InChI is InChI=1S/C20H21NO6S/c1-25-20(24)18-14(8-11-26-18)12-27-19(23)15-6-2-3-7-16(15)28-13-17(22)21-9-4-5-10-21/h2-3,6-8,11H,4-5,9-10,12-13H2,1H3. The number of esters is 2. The molecule has 0 spiro atoms.